The first-order valence-corrected chi connectivity index (χ1v) is 10.7. The Bertz CT molecular complexity index is 925. The molecule has 0 aliphatic carbocycles. The van der Waals surface area contributed by atoms with Crippen LogP contribution in [0.2, 0.25) is 0 Å². The summed E-state index contributed by atoms with van der Waals surface area (Å²) >= 11 is 1.63. The predicted molar refractivity (Wildman–Crippen MR) is 123 cm³/mol. The second-order valence-electron chi connectivity index (χ2n) is 7.05. The van der Waals surface area contributed by atoms with Gasteiger partial charge in [0.25, 0.3) is 0 Å². The number of thiophene rings is 1. The molecule has 5 nitrogen and oxygen atoms in total. The molecule has 1 N–H and O–H groups in total. The van der Waals surface area contributed by atoms with Crippen molar-refractivity contribution < 1.29 is 4.79 Å². The Balaban J connectivity index is 2.35. The van der Waals surface area contributed by atoms with Crippen LogP contribution >= 0.6 is 11.3 Å². The summed E-state index contributed by atoms with van der Waals surface area (Å²) in [5.74, 6) is 1.64. The Kier molecular flexibility index (Phi) is 8.34. The van der Waals surface area contributed by atoms with E-state index in [4.69, 9.17) is 4.98 Å². The molecule has 0 spiro atoms. The molecule has 0 saturated heterocycles. The number of amides is 1. The van der Waals surface area contributed by atoms with Crippen LogP contribution in [0, 0.1) is 6.92 Å². The van der Waals surface area contributed by atoms with Crippen LogP contribution in [0.3, 0.4) is 0 Å². The Morgan fingerprint density at radius 2 is 2.03 bits per heavy atom. The van der Waals surface area contributed by atoms with Crippen molar-refractivity contribution in [3.63, 3.8) is 0 Å². The quantitative estimate of drug-likeness (QED) is 0.594. The van der Waals surface area contributed by atoms with E-state index >= 15 is 0 Å². The van der Waals surface area contributed by atoms with Crippen molar-refractivity contribution >= 4 is 23.1 Å². The third kappa shape index (κ3) is 6.39. The van der Waals surface area contributed by atoms with Crippen molar-refractivity contribution in [3.05, 3.63) is 63.7 Å². The number of carbonyl (C=O) groups excluding carboxylic acids is 1. The molecule has 0 aliphatic heterocycles. The first kappa shape index (κ1) is 22.6. The third-order valence-electron chi connectivity index (χ3n) is 4.43. The second kappa shape index (κ2) is 10.7. The topological polar surface area (TPSA) is 58.1 Å². The summed E-state index contributed by atoms with van der Waals surface area (Å²) in [5.41, 5.74) is 5.02. The van der Waals surface area contributed by atoms with Gasteiger partial charge >= 0.3 is 0 Å². The number of anilines is 1. The average molecular weight is 411 g/mol. The van der Waals surface area contributed by atoms with Gasteiger partial charge in [0, 0.05) is 48.4 Å². The number of carbonyl (C=O) groups is 1. The van der Waals surface area contributed by atoms with Gasteiger partial charge in [-0.05, 0) is 50.8 Å². The standard InChI is InChI=1S/C23H30N4OS/c1-7-9-19(11-10-16(3)14-21(28)27(5)6)25-23-20(8-2)17(4)24-22(26-23)18-12-13-29-15-18/h7,9-13,15H,8,14H2,1-6H3,(H,24,25,26)/b9-7-,16-10+,19-11+. The lowest BCUT2D eigenvalue weighted by Gasteiger charge is -2.14. The van der Waals surface area contributed by atoms with Crippen LogP contribution in [-0.2, 0) is 11.2 Å². The number of hydrogen-bond donors (Lipinski definition) is 1. The molecule has 0 atom stereocenters. The van der Waals surface area contributed by atoms with Crippen molar-refractivity contribution in [2.75, 3.05) is 19.4 Å². The van der Waals surface area contributed by atoms with E-state index in [-0.39, 0.29) is 5.91 Å². The van der Waals surface area contributed by atoms with E-state index in [9.17, 15) is 4.79 Å². The van der Waals surface area contributed by atoms with E-state index < -0.39 is 0 Å². The minimum Gasteiger partial charge on any atom is -0.349 e. The van der Waals surface area contributed by atoms with Crippen molar-refractivity contribution in [2.45, 2.75) is 40.5 Å². The van der Waals surface area contributed by atoms with Gasteiger partial charge in [-0.2, -0.15) is 11.3 Å². The monoisotopic (exact) mass is 410 g/mol. The predicted octanol–water partition coefficient (Wildman–Crippen LogP) is 5.37. The molecule has 1 amide bonds. The SMILES string of the molecule is C\C=C/C(=C\C=C(/C)CC(=O)N(C)C)Nc1nc(-c2ccsc2)nc(C)c1CC. The maximum atomic E-state index is 11.9. The van der Waals surface area contributed by atoms with Gasteiger partial charge in [0.2, 0.25) is 5.91 Å². The van der Waals surface area contributed by atoms with Gasteiger partial charge in [-0.25, -0.2) is 9.97 Å². The normalized spacial score (nSPS) is 12.5. The van der Waals surface area contributed by atoms with E-state index in [0.29, 0.717) is 6.42 Å². The smallest absolute Gasteiger partial charge is 0.226 e. The van der Waals surface area contributed by atoms with Gasteiger partial charge in [-0.1, -0.05) is 24.6 Å². The van der Waals surface area contributed by atoms with Crippen molar-refractivity contribution in [1.82, 2.24) is 14.9 Å². The molecule has 2 aromatic rings. The second-order valence-corrected chi connectivity index (χ2v) is 7.83. The third-order valence-corrected chi connectivity index (χ3v) is 5.12. The molecule has 0 bridgehead atoms. The first-order chi connectivity index (χ1) is 13.8. The number of hydrogen-bond acceptors (Lipinski definition) is 5. The number of allylic oxidation sites excluding steroid dienone is 4. The molecule has 0 unspecified atom stereocenters. The molecule has 6 heteroatoms. The highest BCUT2D eigenvalue weighted by molar-refractivity contribution is 7.08. The Morgan fingerprint density at radius 1 is 1.28 bits per heavy atom. The summed E-state index contributed by atoms with van der Waals surface area (Å²) in [7, 11) is 3.54. The van der Waals surface area contributed by atoms with Gasteiger partial charge in [-0.3, -0.25) is 4.79 Å². The van der Waals surface area contributed by atoms with Gasteiger partial charge in [-0.15, -0.1) is 0 Å². The van der Waals surface area contributed by atoms with Gasteiger partial charge in [0.05, 0.1) is 0 Å². The fourth-order valence-corrected chi connectivity index (χ4v) is 3.42. The molecular weight excluding hydrogens is 380 g/mol. The summed E-state index contributed by atoms with van der Waals surface area (Å²) in [6.45, 7) is 8.07. The molecule has 2 heterocycles. The van der Waals surface area contributed by atoms with Crippen molar-refractivity contribution in [2.24, 2.45) is 0 Å². The van der Waals surface area contributed by atoms with Crippen LogP contribution in [0.4, 0.5) is 5.82 Å². The van der Waals surface area contributed by atoms with Crippen LogP contribution in [0.25, 0.3) is 11.4 Å². The fraction of sp³-hybridized carbons (Fsp3) is 0.348. The summed E-state index contributed by atoms with van der Waals surface area (Å²) in [4.78, 5) is 23.0. The Morgan fingerprint density at radius 3 is 2.62 bits per heavy atom. The summed E-state index contributed by atoms with van der Waals surface area (Å²) < 4.78 is 0. The highest BCUT2D eigenvalue weighted by Gasteiger charge is 2.12. The minimum atomic E-state index is 0.0905. The average Bonchev–Trinajstić information content (AvgIpc) is 3.20. The van der Waals surface area contributed by atoms with Crippen molar-refractivity contribution in [3.8, 4) is 11.4 Å². The molecule has 2 aromatic heterocycles. The van der Waals surface area contributed by atoms with E-state index in [1.807, 2.05) is 56.5 Å². The summed E-state index contributed by atoms with van der Waals surface area (Å²) in [6, 6.07) is 2.03. The number of nitrogens with zero attached hydrogens (tertiary/aromatic N) is 3. The van der Waals surface area contributed by atoms with Crippen LogP contribution in [0.1, 0.15) is 38.4 Å². The number of rotatable bonds is 8. The summed E-state index contributed by atoms with van der Waals surface area (Å²) in [6.07, 6.45) is 9.18. The minimum absolute atomic E-state index is 0.0905. The zero-order chi connectivity index (χ0) is 21.4. The van der Waals surface area contributed by atoms with Crippen molar-refractivity contribution in [1.29, 1.82) is 0 Å². The van der Waals surface area contributed by atoms with E-state index in [2.05, 4.69) is 22.6 Å². The lowest BCUT2D eigenvalue weighted by atomic mass is 10.1. The van der Waals surface area contributed by atoms with Crippen LogP contribution in [0.15, 0.2) is 52.4 Å². The largest absolute Gasteiger partial charge is 0.349 e. The van der Waals surface area contributed by atoms with Gasteiger partial charge in [0.15, 0.2) is 5.82 Å². The number of nitrogens with one attached hydrogen (secondary N) is 1. The molecule has 154 valence electrons. The molecule has 29 heavy (non-hydrogen) atoms. The molecule has 2 rings (SSSR count). The molecular formula is C23H30N4OS. The summed E-state index contributed by atoms with van der Waals surface area (Å²) in [5, 5.41) is 7.55. The van der Waals surface area contributed by atoms with E-state index in [1.54, 1.807) is 30.3 Å². The molecule has 0 fully saturated rings. The number of aromatic nitrogens is 2. The first-order valence-electron chi connectivity index (χ1n) is 9.73. The van der Waals surface area contributed by atoms with Crippen LogP contribution in [-0.4, -0.2) is 34.9 Å². The Hall–Kier alpha value is -2.73. The zero-order valence-electron chi connectivity index (χ0n) is 18.1. The Labute approximate surface area is 177 Å². The lowest BCUT2D eigenvalue weighted by molar-refractivity contribution is -0.127. The van der Waals surface area contributed by atoms with Crippen LogP contribution in [0.5, 0.6) is 0 Å². The lowest BCUT2D eigenvalue weighted by Crippen LogP contribution is -2.21. The number of aryl methyl sites for hydroxylation is 1. The zero-order valence-corrected chi connectivity index (χ0v) is 18.9. The van der Waals surface area contributed by atoms with Crippen LogP contribution < -0.4 is 5.32 Å². The van der Waals surface area contributed by atoms with E-state index in [1.165, 1.54) is 0 Å². The highest BCUT2D eigenvalue weighted by Crippen LogP contribution is 2.25. The van der Waals surface area contributed by atoms with Gasteiger partial charge in [0.1, 0.15) is 5.82 Å². The maximum Gasteiger partial charge on any atom is 0.226 e. The van der Waals surface area contributed by atoms with E-state index in [0.717, 1.165) is 46.2 Å². The molecule has 0 aliphatic rings. The highest BCUT2D eigenvalue weighted by atomic mass is 32.1. The molecule has 0 aromatic carbocycles. The molecule has 0 radical (unpaired) electrons. The molecule has 0 saturated carbocycles. The maximum absolute atomic E-state index is 11.9. The van der Waals surface area contributed by atoms with Gasteiger partial charge < -0.3 is 10.2 Å². The fourth-order valence-electron chi connectivity index (χ4n) is 2.79.